The van der Waals surface area contributed by atoms with E-state index in [9.17, 15) is 13.2 Å². The van der Waals surface area contributed by atoms with Crippen molar-refractivity contribution in [2.45, 2.75) is 77.3 Å². The molecule has 4 aliphatic carbocycles. The van der Waals surface area contributed by atoms with Crippen LogP contribution < -0.4 is 9.62 Å². The van der Waals surface area contributed by atoms with Crippen LogP contribution in [0.3, 0.4) is 0 Å². The van der Waals surface area contributed by atoms with Gasteiger partial charge in [-0.05, 0) is 99.8 Å². The van der Waals surface area contributed by atoms with Crippen molar-refractivity contribution in [3.63, 3.8) is 0 Å². The summed E-state index contributed by atoms with van der Waals surface area (Å²) in [6.07, 6.45) is 8.75. The molecule has 0 aliphatic heterocycles. The van der Waals surface area contributed by atoms with E-state index < -0.39 is 16.1 Å². The largest absolute Gasteiger partial charge is 0.349 e. The molecule has 0 saturated heterocycles. The van der Waals surface area contributed by atoms with Gasteiger partial charge in [-0.1, -0.05) is 13.0 Å². The van der Waals surface area contributed by atoms with Crippen molar-refractivity contribution in [3.05, 3.63) is 29.3 Å². The van der Waals surface area contributed by atoms with Crippen LogP contribution in [0.5, 0.6) is 0 Å². The highest BCUT2D eigenvalue weighted by molar-refractivity contribution is 7.92. The van der Waals surface area contributed by atoms with Crippen LogP contribution in [0.4, 0.5) is 5.69 Å². The maximum Gasteiger partial charge on any atom is 0.244 e. The molecule has 1 N–H and O–H groups in total. The highest BCUT2D eigenvalue weighted by Gasteiger charge is 2.52. The molecule has 6 heteroatoms. The Labute approximate surface area is 175 Å². The summed E-state index contributed by atoms with van der Waals surface area (Å²) in [6, 6.07) is 4.88. The third kappa shape index (κ3) is 3.92. The van der Waals surface area contributed by atoms with Crippen LogP contribution in [0.2, 0.25) is 0 Å². The third-order valence-electron chi connectivity index (χ3n) is 7.50. The number of rotatable bonds is 6. The van der Waals surface area contributed by atoms with Crippen LogP contribution >= 0.6 is 0 Å². The number of aryl methyl sites for hydroxylation is 2. The minimum atomic E-state index is -3.60. The lowest BCUT2D eigenvalue weighted by Crippen LogP contribution is -2.63. The summed E-state index contributed by atoms with van der Waals surface area (Å²) in [5.41, 5.74) is 2.58. The first kappa shape index (κ1) is 20.7. The first-order valence-electron chi connectivity index (χ1n) is 11.0. The molecule has 4 aliphatic rings. The number of amides is 1. The summed E-state index contributed by atoms with van der Waals surface area (Å²) in [5.74, 6) is 2.05. The van der Waals surface area contributed by atoms with Gasteiger partial charge in [0, 0.05) is 5.54 Å². The van der Waals surface area contributed by atoms with Gasteiger partial charge < -0.3 is 5.32 Å². The predicted octanol–water partition coefficient (Wildman–Crippen LogP) is 3.93. The first-order chi connectivity index (χ1) is 13.6. The fourth-order valence-corrected chi connectivity index (χ4v) is 7.73. The summed E-state index contributed by atoms with van der Waals surface area (Å²) in [4.78, 5) is 13.5. The average molecular weight is 419 g/mol. The van der Waals surface area contributed by atoms with Gasteiger partial charge in [0.1, 0.15) is 6.04 Å². The van der Waals surface area contributed by atoms with E-state index in [1.807, 2.05) is 39.0 Å². The molecule has 5 nitrogen and oxygen atoms in total. The number of carbonyl (C=O) groups excluding carboxylic acids is 1. The minimum absolute atomic E-state index is 0.119. The topological polar surface area (TPSA) is 66.5 Å². The fraction of sp³-hybridized carbons (Fsp3) is 0.696. The molecule has 1 amide bonds. The van der Waals surface area contributed by atoms with Crippen molar-refractivity contribution in [2.24, 2.45) is 17.8 Å². The monoisotopic (exact) mass is 418 g/mol. The lowest BCUT2D eigenvalue weighted by Gasteiger charge is -2.57. The van der Waals surface area contributed by atoms with Gasteiger partial charge in [-0.2, -0.15) is 0 Å². The van der Waals surface area contributed by atoms with E-state index in [2.05, 4.69) is 5.32 Å². The van der Waals surface area contributed by atoms with Crippen molar-refractivity contribution >= 4 is 21.6 Å². The zero-order chi connectivity index (χ0) is 21.0. The van der Waals surface area contributed by atoms with E-state index in [0.29, 0.717) is 12.1 Å². The molecule has 1 aromatic carbocycles. The quantitative estimate of drug-likeness (QED) is 0.761. The van der Waals surface area contributed by atoms with Gasteiger partial charge in [0.05, 0.1) is 11.9 Å². The lowest BCUT2D eigenvalue weighted by molar-refractivity contribution is -0.128. The minimum Gasteiger partial charge on any atom is -0.349 e. The second-order valence-electron chi connectivity index (χ2n) is 9.94. The molecule has 4 saturated carbocycles. The summed E-state index contributed by atoms with van der Waals surface area (Å²) >= 11 is 0. The number of carbonyl (C=O) groups is 1. The molecular formula is C23H34N2O3S. The Balaban J connectivity index is 1.61. The maximum atomic E-state index is 13.5. The molecule has 4 fully saturated rings. The Morgan fingerprint density at radius 2 is 1.66 bits per heavy atom. The van der Waals surface area contributed by atoms with E-state index in [-0.39, 0.29) is 11.4 Å². The molecular weight excluding hydrogens is 384 g/mol. The first-order valence-corrected chi connectivity index (χ1v) is 12.8. The van der Waals surface area contributed by atoms with E-state index in [1.165, 1.54) is 29.8 Å². The van der Waals surface area contributed by atoms with Gasteiger partial charge in [0.15, 0.2) is 0 Å². The van der Waals surface area contributed by atoms with Crippen LogP contribution in [0.1, 0.15) is 63.0 Å². The van der Waals surface area contributed by atoms with Crippen LogP contribution in [0, 0.1) is 31.6 Å². The lowest BCUT2D eigenvalue weighted by atomic mass is 9.53. The smallest absolute Gasteiger partial charge is 0.244 e. The summed E-state index contributed by atoms with van der Waals surface area (Å²) in [7, 11) is -3.60. The molecule has 0 heterocycles. The standard InChI is InChI=1S/C23H34N2O3S/c1-5-21(25(29(4,27)28)20-7-6-15(2)16(3)8-20)22(26)24-23-12-17-9-18(13-23)11-19(10-17)14-23/h6-8,17-19,21H,5,9-14H2,1-4H3,(H,24,26). The third-order valence-corrected chi connectivity index (χ3v) is 8.68. The Morgan fingerprint density at radius 1 is 1.10 bits per heavy atom. The molecule has 1 unspecified atom stereocenters. The zero-order valence-corrected chi connectivity index (χ0v) is 18.9. The van der Waals surface area contributed by atoms with E-state index in [1.54, 1.807) is 0 Å². The highest BCUT2D eigenvalue weighted by Crippen LogP contribution is 2.55. The molecule has 0 spiro atoms. The Kier molecular flexibility index (Phi) is 5.21. The van der Waals surface area contributed by atoms with Crippen molar-refractivity contribution in [3.8, 4) is 0 Å². The van der Waals surface area contributed by atoms with Crippen LogP contribution in [0.15, 0.2) is 18.2 Å². The van der Waals surface area contributed by atoms with Crippen LogP contribution in [-0.4, -0.2) is 32.2 Å². The number of benzene rings is 1. The molecule has 29 heavy (non-hydrogen) atoms. The highest BCUT2D eigenvalue weighted by atomic mass is 32.2. The summed E-state index contributed by atoms with van der Waals surface area (Å²) in [5, 5.41) is 3.38. The van der Waals surface area contributed by atoms with Crippen molar-refractivity contribution in [1.29, 1.82) is 0 Å². The van der Waals surface area contributed by atoms with E-state index in [4.69, 9.17) is 0 Å². The molecule has 0 radical (unpaired) electrons. The second-order valence-corrected chi connectivity index (χ2v) is 11.8. The Bertz CT molecular complexity index is 873. The number of nitrogens with one attached hydrogen (secondary N) is 1. The van der Waals surface area contributed by atoms with Gasteiger partial charge in [-0.3, -0.25) is 9.10 Å². The summed E-state index contributed by atoms with van der Waals surface area (Å²) in [6.45, 7) is 5.86. The Hall–Kier alpha value is -1.56. The van der Waals surface area contributed by atoms with Gasteiger partial charge in [0.2, 0.25) is 15.9 Å². The SMILES string of the molecule is CCC(C(=O)NC12CC3CC(CC(C3)C1)C2)N(c1ccc(C)c(C)c1)S(C)(=O)=O. The molecule has 160 valence electrons. The van der Waals surface area contributed by atoms with Crippen molar-refractivity contribution in [1.82, 2.24) is 5.32 Å². The number of nitrogens with zero attached hydrogens (tertiary/aromatic N) is 1. The molecule has 0 aromatic heterocycles. The second kappa shape index (κ2) is 7.29. The number of sulfonamides is 1. The molecule has 5 rings (SSSR count). The average Bonchev–Trinajstić information content (AvgIpc) is 2.59. The number of anilines is 1. The van der Waals surface area contributed by atoms with Gasteiger partial charge in [-0.15, -0.1) is 0 Å². The predicted molar refractivity (Wildman–Crippen MR) is 116 cm³/mol. The molecule has 1 atom stereocenters. The van der Waals surface area contributed by atoms with Gasteiger partial charge >= 0.3 is 0 Å². The van der Waals surface area contributed by atoms with Gasteiger partial charge in [-0.25, -0.2) is 8.42 Å². The van der Waals surface area contributed by atoms with Crippen molar-refractivity contribution in [2.75, 3.05) is 10.6 Å². The number of hydrogen-bond donors (Lipinski definition) is 1. The van der Waals surface area contributed by atoms with Gasteiger partial charge in [0.25, 0.3) is 0 Å². The summed E-state index contributed by atoms with van der Waals surface area (Å²) < 4.78 is 26.8. The number of hydrogen-bond acceptors (Lipinski definition) is 3. The van der Waals surface area contributed by atoms with E-state index in [0.717, 1.165) is 48.1 Å². The fourth-order valence-electron chi connectivity index (χ4n) is 6.53. The van der Waals surface area contributed by atoms with Crippen LogP contribution in [-0.2, 0) is 14.8 Å². The molecule has 1 aromatic rings. The van der Waals surface area contributed by atoms with Crippen molar-refractivity contribution < 1.29 is 13.2 Å². The molecule has 4 bridgehead atoms. The van der Waals surface area contributed by atoms with Crippen LogP contribution in [0.25, 0.3) is 0 Å². The zero-order valence-electron chi connectivity index (χ0n) is 18.1. The Morgan fingerprint density at radius 3 is 2.10 bits per heavy atom. The normalized spacial score (nSPS) is 31.5. The van der Waals surface area contributed by atoms with E-state index >= 15 is 0 Å². The maximum absolute atomic E-state index is 13.5.